The summed E-state index contributed by atoms with van der Waals surface area (Å²) in [5.41, 5.74) is 7.80. The average molecular weight is 619 g/mol. The van der Waals surface area contributed by atoms with Crippen LogP contribution in [0.15, 0.2) is 22.2 Å². The largest absolute Gasteiger partial charge is 0.390 e. The van der Waals surface area contributed by atoms with E-state index in [1.165, 1.54) is 11.8 Å². The number of rotatable bonds is 5. The second kappa shape index (κ2) is 9.83. The number of aliphatic hydroxyl groups is 2. The summed E-state index contributed by atoms with van der Waals surface area (Å²) in [6.45, 7) is 5.08. The molecule has 12 heteroatoms. The first-order valence-corrected chi connectivity index (χ1v) is 13.8. The van der Waals surface area contributed by atoms with Gasteiger partial charge in [0.2, 0.25) is 0 Å². The van der Waals surface area contributed by atoms with Gasteiger partial charge in [-0.05, 0) is 48.4 Å². The maximum absolute atomic E-state index is 10.1. The van der Waals surface area contributed by atoms with Crippen LogP contribution in [-0.4, -0.2) is 74.2 Å². The number of β-amino-alcohol motifs (C(OH)–C–C–N with tert-alkyl or cyclic N) is 1. The molecule has 2 atom stereocenters. The molecule has 4 N–H and O–H groups in total. The third-order valence-corrected chi connectivity index (χ3v) is 9.77. The van der Waals surface area contributed by atoms with Crippen LogP contribution in [0.4, 0.5) is 11.6 Å². The van der Waals surface area contributed by atoms with Crippen LogP contribution in [0, 0.1) is 12.3 Å². The number of piperidine rings is 1. The van der Waals surface area contributed by atoms with Crippen molar-refractivity contribution in [1.29, 1.82) is 0 Å². The van der Waals surface area contributed by atoms with Crippen LogP contribution in [0.2, 0.25) is 5.02 Å². The molecule has 0 amide bonds. The van der Waals surface area contributed by atoms with E-state index in [0.717, 1.165) is 42.3 Å². The lowest BCUT2D eigenvalue weighted by molar-refractivity contribution is 0.127. The number of nitrogens with two attached hydrogens (primary N) is 1. The number of aromatic nitrogens is 3. The van der Waals surface area contributed by atoms with E-state index in [9.17, 15) is 10.2 Å². The van der Waals surface area contributed by atoms with Gasteiger partial charge in [-0.1, -0.05) is 23.4 Å². The van der Waals surface area contributed by atoms with Crippen LogP contribution in [0.1, 0.15) is 24.2 Å². The van der Waals surface area contributed by atoms with Gasteiger partial charge >= 0.3 is 0 Å². The summed E-state index contributed by atoms with van der Waals surface area (Å²) < 4.78 is 5.88. The molecule has 0 unspecified atom stereocenters. The smallest absolute Gasteiger partial charge is 0.153 e. The fourth-order valence-electron chi connectivity index (χ4n) is 4.79. The molecule has 0 saturated carbocycles. The Morgan fingerprint density at radius 2 is 2.00 bits per heavy atom. The molecule has 0 bridgehead atoms. The van der Waals surface area contributed by atoms with Crippen LogP contribution in [-0.2, 0) is 11.3 Å². The molecule has 184 valence electrons. The molecule has 9 nitrogen and oxygen atoms in total. The second-order valence-electron chi connectivity index (χ2n) is 9.19. The van der Waals surface area contributed by atoms with Crippen molar-refractivity contribution in [3.8, 4) is 0 Å². The highest BCUT2D eigenvalue weighted by atomic mass is 127. The number of ether oxygens (including phenoxy) is 1. The predicted molar refractivity (Wildman–Crippen MR) is 140 cm³/mol. The number of aryl methyl sites for hydroxylation is 1. The summed E-state index contributed by atoms with van der Waals surface area (Å²) >= 11 is 10.3. The maximum atomic E-state index is 10.1. The van der Waals surface area contributed by atoms with Gasteiger partial charge in [-0.2, -0.15) is 0 Å². The fourth-order valence-corrected chi connectivity index (χ4v) is 6.95. The van der Waals surface area contributed by atoms with E-state index in [4.69, 9.17) is 32.0 Å². The summed E-state index contributed by atoms with van der Waals surface area (Å²) in [6.07, 6.45) is 3.22. The molecule has 0 radical (unpaired) electrons. The number of alkyl halides is 1. The first-order valence-electron chi connectivity index (χ1n) is 11.3. The lowest BCUT2D eigenvalue weighted by Crippen LogP contribution is -2.51. The highest BCUT2D eigenvalue weighted by molar-refractivity contribution is 14.1. The Morgan fingerprint density at radius 1 is 1.26 bits per heavy atom. The predicted octanol–water partition coefficient (Wildman–Crippen LogP) is 2.36. The van der Waals surface area contributed by atoms with Crippen molar-refractivity contribution in [3.63, 3.8) is 0 Å². The van der Waals surface area contributed by atoms with Crippen molar-refractivity contribution in [3.05, 3.63) is 28.7 Å². The molecule has 0 aliphatic carbocycles. The Morgan fingerprint density at radius 3 is 2.62 bits per heavy atom. The SMILES string of the molecule is Cc1nc(N2CCC3(CC2)CO[C@@H](I)[C@H]3N)c(CO)nc1Sc1ccnc(N2CC(O)C2)c1Cl. The van der Waals surface area contributed by atoms with Crippen molar-refractivity contribution >= 4 is 57.6 Å². The number of pyridine rings is 1. The van der Waals surface area contributed by atoms with Crippen LogP contribution in [0.3, 0.4) is 0 Å². The van der Waals surface area contributed by atoms with Gasteiger partial charge in [-0.25, -0.2) is 15.0 Å². The topological polar surface area (TPSA) is 121 Å². The highest BCUT2D eigenvalue weighted by Gasteiger charge is 2.48. The molecule has 2 aromatic heterocycles. The molecule has 0 aromatic carbocycles. The van der Waals surface area contributed by atoms with E-state index in [2.05, 4.69) is 32.5 Å². The zero-order chi connectivity index (χ0) is 24.0. The third kappa shape index (κ3) is 4.48. The van der Waals surface area contributed by atoms with Crippen LogP contribution >= 0.6 is 46.0 Å². The highest BCUT2D eigenvalue weighted by Crippen LogP contribution is 2.44. The molecule has 2 aromatic rings. The van der Waals surface area contributed by atoms with Gasteiger partial charge in [0.25, 0.3) is 0 Å². The van der Waals surface area contributed by atoms with E-state index in [1.807, 2.05) is 17.9 Å². The molecule has 3 aliphatic heterocycles. The van der Waals surface area contributed by atoms with Crippen molar-refractivity contribution < 1.29 is 14.9 Å². The van der Waals surface area contributed by atoms with Crippen molar-refractivity contribution in [2.45, 2.75) is 52.6 Å². The average Bonchev–Trinajstić information content (AvgIpc) is 3.08. The van der Waals surface area contributed by atoms with Crippen LogP contribution in [0.5, 0.6) is 0 Å². The van der Waals surface area contributed by atoms with E-state index in [0.29, 0.717) is 41.3 Å². The van der Waals surface area contributed by atoms with Gasteiger partial charge < -0.3 is 30.5 Å². The molecule has 5 rings (SSSR count). The summed E-state index contributed by atoms with van der Waals surface area (Å²) in [6, 6.07) is 1.88. The summed E-state index contributed by atoms with van der Waals surface area (Å²) in [7, 11) is 0. The lowest BCUT2D eigenvalue weighted by atomic mass is 9.75. The summed E-state index contributed by atoms with van der Waals surface area (Å²) in [5, 5.41) is 20.9. The summed E-state index contributed by atoms with van der Waals surface area (Å²) in [5.74, 6) is 1.39. The fraction of sp³-hybridized carbons (Fsp3) is 0.591. The van der Waals surface area contributed by atoms with Gasteiger partial charge in [-0.15, -0.1) is 0 Å². The van der Waals surface area contributed by atoms with Crippen LogP contribution < -0.4 is 15.5 Å². The Bertz CT molecular complexity index is 1070. The molecule has 3 aliphatic rings. The number of hydrogen-bond acceptors (Lipinski definition) is 10. The lowest BCUT2D eigenvalue weighted by Gasteiger charge is -2.41. The van der Waals surface area contributed by atoms with Crippen molar-refractivity contribution in [2.24, 2.45) is 11.1 Å². The van der Waals surface area contributed by atoms with Gasteiger partial charge in [-0.3, -0.25) is 0 Å². The number of halogens is 2. The summed E-state index contributed by atoms with van der Waals surface area (Å²) in [4.78, 5) is 19.0. The molecule has 5 heterocycles. The Kier molecular flexibility index (Phi) is 7.15. The molecule has 3 saturated heterocycles. The molecule has 1 spiro atoms. The normalized spacial score (nSPS) is 24.6. The Labute approximate surface area is 221 Å². The Balaban J connectivity index is 1.34. The van der Waals surface area contributed by atoms with Gasteiger partial charge in [0.15, 0.2) is 5.82 Å². The van der Waals surface area contributed by atoms with Crippen molar-refractivity contribution in [1.82, 2.24) is 15.0 Å². The number of aliphatic hydroxyl groups excluding tert-OH is 2. The zero-order valence-corrected chi connectivity index (χ0v) is 22.6. The first-order chi connectivity index (χ1) is 16.3. The molecular formula is C22H28ClIN6O3S. The van der Waals surface area contributed by atoms with Crippen LogP contribution in [0.25, 0.3) is 0 Å². The van der Waals surface area contributed by atoms with E-state index in [-0.39, 0.29) is 28.3 Å². The van der Waals surface area contributed by atoms with E-state index < -0.39 is 0 Å². The molecule has 34 heavy (non-hydrogen) atoms. The number of nitrogens with zero attached hydrogens (tertiary/aromatic N) is 5. The minimum absolute atomic E-state index is 0.0162. The standard InChI is InChI=1S/C22H28ClIN6O3S/c1-12-21(34-15-2-5-26-20(16(15)23)30-8-13(32)9-30)28-14(10-31)19(27-12)29-6-3-22(4-7-29)11-33-18(24)17(22)25/h2,5,13,17-18,31-32H,3-4,6-11,25H2,1H3/t17-,18-/m1/s1. The quantitative estimate of drug-likeness (QED) is 0.340. The molecule has 3 fully saturated rings. The number of hydrogen-bond donors (Lipinski definition) is 3. The monoisotopic (exact) mass is 618 g/mol. The van der Waals surface area contributed by atoms with Gasteiger partial charge in [0, 0.05) is 48.7 Å². The minimum atomic E-state index is -0.341. The van der Waals surface area contributed by atoms with Gasteiger partial charge in [0.05, 0.1) is 30.0 Å². The third-order valence-electron chi connectivity index (χ3n) is 7.01. The zero-order valence-electron chi connectivity index (χ0n) is 18.8. The minimum Gasteiger partial charge on any atom is -0.390 e. The van der Waals surface area contributed by atoms with E-state index in [1.54, 1.807) is 6.20 Å². The Hall–Kier alpha value is -0.960. The van der Waals surface area contributed by atoms with E-state index >= 15 is 0 Å². The maximum Gasteiger partial charge on any atom is 0.153 e. The second-order valence-corrected chi connectivity index (χ2v) is 11.8. The number of anilines is 2. The van der Waals surface area contributed by atoms with Gasteiger partial charge in [0.1, 0.15) is 20.6 Å². The first kappa shape index (κ1) is 24.7. The van der Waals surface area contributed by atoms with Crippen molar-refractivity contribution in [2.75, 3.05) is 42.6 Å². The molecular weight excluding hydrogens is 591 g/mol.